The summed E-state index contributed by atoms with van der Waals surface area (Å²) < 4.78 is 11.3. The number of fused-ring (bicyclic) bond motifs is 1. The van der Waals surface area contributed by atoms with Gasteiger partial charge in [-0.1, -0.05) is 0 Å². The van der Waals surface area contributed by atoms with E-state index in [9.17, 15) is 0 Å². The third kappa shape index (κ3) is 2.78. The first-order valence-electron chi connectivity index (χ1n) is 8.10. The SMILES string of the molecule is c1nc(C2CCNCC2)c2ccc(O[C@@H]3CCOC3)cc2n1. The van der Waals surface area contributed by atoms with Crippen molar-refractivity contribution < 1.29 is 9.47 Å². The Morgan fingerprint density at radius 2 is 2.05 bits per heavy atom. The van der Waals surface area contributed by atoms with Crippen LogP contribution in [0.5, 0.6) is 5.75 Å². The highest BCUT2D eigenvalue weighted by molar-refractivity contribution is 5.82. The fraction of sp³-hybridized carbons (Fsp3) is 0.529. The summed E-state index contributed by atoms with van der Waals surface area (Å²) in [7, 11) is 0. The lowest BCUT2D eigenvalue weighted by Gasteiger charge is -2.23. The van der Waals surface area contributed by atoms with Gasteiger partial charge in [-0.3, -0.25) is 0 Å². The lowest BCUT2D eigenvalue weighted by Crippen LogP contribution is -2.27. The molecule has 1 N–H and O–H groups in total. The summed E-state index contributed by atoms with van der Waals surface area (Å²) in [5.41, 5.74) is 2.15. The average molecular weight is 299 g/mol. The van der Waals surface area contributed by atoms with E-state index in [0.29, 0.717) is 12.5 Å². The van der Waals surface area contributed by atoms with Crippen molar-refractivity contribution in [2.45, 2.75) is 31.3 Å². The van der Waals surface area contributed by atoms with Gasteiger partial charge in [0, 0.05) is 23.8 Å². The maximum atomic E-state index is 5.97. The predicted octanol–water partition coefficient (Wildman–Crippen LogP) is 2.26. The molecule has 0 saturated carbocycles. The molecule has 0 bridgehead atoms. The number of hydrogen-bond acceptors (Lipinski definition) is 5. The second kappa shape index (κ2) is 6.18. The molecule has 5 nitrogen and oxygen atoms in total. The van der Waals surface area contributed by atoms with Crippen molar-refractivity contribution in [3.05, 3.63) is 30.2 Å². The van der Waals surface area contributed by atoms with Crippen LogP contribution >= 0.6 is 0 Å². The van der Waals surface area contributed by atoms with E-state index < -0.39 is 0 Å². The van der Waals surface area contributed by atoms with E-state index in [1.807, 2.05) is 12.1 Å². The smallest absolute Gasteiger partial charge is 0.124 e. The van der Waals surface area contributed by atoms with Crippen molar-refractivity contribution in [1.29, 1.82) is 0 Å². The van der Waals surface area contributed by atoms with Crippen molar-refractivity contribution in [2.24, 2.45) is 0 Å². The van der Waals surface area contributed by atoms with Crippen molar-refractivity contribution in [1.82, 2.24) is 15.3 Å². The summed E-state index contributed by atoms with van der Waals surface area (Å²) in [5, 5.41) is 4.56. The summed E-state index contributed by atoms with van der Waals surface area (Å²) >= 11 is 0. The minimum absolute atomic E-state index is 0.170. The van der Waals surface area contributed by atoms with Crippen LogP contribution in [0.4, 0.5) is 0 Å². The Labute approximate surface area is 130 Å². The first-order valence-corrected chi connectivity index (χ1v) is 8.10. The van der Waals surface area contributed by atoms with Gasteiger partial charge < -0.3 is 14.8 Å². The van der Waals surface area contributed by atoms with Crippen molar-refractivity contribution in [3.63, 3.8) is 0 Å². The molecule has 0 amide bonds. The molecule has 5 heteroatoms. The Bertz CT molecular complexity index is 649. The Morgan fingerprint density at radius 1 is 1.14 bits per heavy atom. The number of ether oxygens (including phenoxy) is 2. The van der Waals surface area contributed by atoms with E-state index in [1.54, 1.807) is 6.33 Å². The molecule has 1 aromatic carbocycles. The third-order valence-corrected chi connectivity index (χ3v) is 4.56. The molecule has 0 radical (unpaired) electrons. The standard InChI is InChI=1S/C17H21N3O2/c1-2-15-16(9-13(1)22-14-5-8-21-10-14)19-11-20-17(15)12-3-6-18-7-4-12/h1-2,9,11-12,14,18H,3-8,10H2/t14-/m1/s1. The van der Waals surface area contributed by atoms with Crippen LogP contribution in [-0.4, -0.2) is 42.4 Å². The van der Waals surface area contributed by atoms with Crippen LogP contribution in [0.1, 0.15) is 30.9 Å². The van der Waals surface area contributed by atoms with Gasteiger partial charge in [-0.05, 0) is 38.1 Å². The van der Waals surface area contributed by atoms with E-state index >= 15 is 0 Å². The molecule has 2 fully saturated rings. The second-order valence-corrected chi connectivity index (χ2v) is 6.07. The fourth-order valence-corrected chi connectivity index (χ4v) is 3.35. The Hall–Kier alpha value is -1.72. The summed E-state index contributed by atoms with van der Waals surface area (Å²) in [4.78, 5) is 9.00. The maximum Gasteiger partial charge on any atom is 0.124 e. The molecule has 0 spiro atoms. The summed E-state index contributed by atoms with van der Waals surface area (Å²) in [6.07, 6.45) is 5.10. The Kier molecular flexibility index (Phi) is 3.91. The van der Waals surface area contributed by atoms with Crippen LogP contribution in [0.3, 0.4) is 0 Å². The van der Waals surface area contributed by atoms with Gasteiger partial charge in [0.05, 0.1) is 24.4 Å². The maximum absolute atomic E-state index is 5.97. The van der Waals surface area contributed by atoms with Crippen LogP contribution in [-0.2, 0) is 4.74 Å². The molecule has 22 heavy (non-hydrogen) atoms. The number of aromatic nitrogens is 2. The van der Waals surface area contributed by atoms with E-state index in [4.69, 9.17) is 9.47 Å². The van der Waals surface area contributed by atoms with Gasteiger partial charge in [-0.15, -0.1) is 0 Å². The molecule has 4 rings (SSSR count). The van der Waals surface area contributed by atoms with E-state index in [2.05, 4.69) is 21.4 Å². The van der Waals surface area contributed by atoms with E-state index in [1.165, 1.54) is 5.69 Å². The average Bonchev–Trinajstić information content (AvgIpc) is 3.08. The normalized spacial score (nSPS) is 23.0. The lowest BCUT2D eigenvalue weighted by atomic mass is 9.92. The highest BCUT2D eigenvalue weighted by Crippen LogP contribution is 2.30. The van der Waals surface area contributed by atoms with Gasteiger partial charge in [-0.25, -0.2) is 9.97 Å². The molecule has 116 valence electrons. The Morgan fingerprint density at radius 3 is 2.86 bits per heavy atom. The molecule has 0 aliphatic carbocycles. The number of piperidine rings is 1. The minimum atomic E-state index is 0.170. The zero-order chi connectivity index (χ0) is 14.8. The van der Waals surface area contributed by atoms with Gasteiger partial charge in [-0.2, -0.15) is 0 Å². The first kappa shape index (κ1) is 13.9. The van der Waals surface area contributed by atoms with E-state index in [-0.39, 0.29) is 6.10 Å². The number of nitrogens with zero attached hydrogens (tertiary/aromatic N) is 2. The zero-order valence-corrected chi connectivity index (χ0v) is 12.6. The van der Waals surface area contributed by atoms with Crippen molar-refractivity contribution >= 4 is 10.9 Å². The predicted molar refractivity (Wildman–Crippen MR) is 84.2 cm³/mol. The minimum Gasteiger partial charge on any atom is -0.488 e. The Balaban J connectivity index is 1.62. The highest BCUT2D eigenvalue weighted by Gasteiger charge is 2.20. The number of hydrogen-bond donors (Lipinski definition) is 1. The molecule has 1 aromatic heterocycles. The van der Waals surface area contributed by atoms with Gasteiger partial charge >= 0.3 is 0 Å². The number of rotatable bonds is 3. The monoisotopic (exact) mass is 299 g/mol. The van der Waals surface area contributed by atoms with E-state index in [0.717, 1.165) is 55.6 Å². The van der Waals surface area contributed by atoms with Crippen LogP contribution in [0.15, 0.2) is 24.5 Å². The molecule has 2 aliphatic heterocycles. The van der Waals surface area contributed by atoms with Crippen molar-refractivity contribution in [3.8, 4) is 5.75 Å². The molecule has 2 aromatic rings. The summed E-state index contributed by atoms with van der Waals surface area (Å²) in [6, 6.07) is 6.17. The van der Waals surface area contributed by atoms with Crippen LogP contribution in [0, 0.1) is 0 Å². The molecule has 2 aliphatic rings. The van der Waals surface area contributed by atoms with Gasteiger partial charge in [0.2, 0.25) is 0 Å². The number of nitrogens with one attached hydrogen (secondary N) is 1. The molecule has 0 unspecified atom stereocenters. The van der Waals surface area contributed by atoms with Gasteiger partial charge in [0.25, 0.3) is 0 Å². The highest BCUT2D eigenvalue weighted by atomic mass is 16.5. The molecular weight excluding hydrogens is 278 g/mol. The van der Waals surface area contributed by atoms with Crippen LogP contribution in [0.25, 0.3) is 10.9 Å². The molecular formula is C17H21N3O2. The first-order chi connectivity index (χ1) is 10.9. The summed E-state index contributed by atoms with van der Waals surface area (Å²) in [6.45, 7) is 3.61. The molecule has 2 saturated heterocycles. The third-order valence-electron chi connectivity index (χ3n) is 4.56. The molecule has 3 heterocycles. The molecule has 1 atom stereocenters. The lowest BCUT2D eigenvalue weighted by molar-refractivity contribution is 0.141. The topological polar surface area (TPSA) is 56.3 Å². The quantitative estimate of drug-likeness (QED) is 0.942. The van der Waals surface area contributed by atoms with Gasteiger partial charge in [0.15, 0.2) is 0 Å². The number of benzene rings is 1. The van der Waals surface area contributed by atoms with Gasteiger partial charge in [0.1, 0.15) is 18.2 Å². The largest absolute Gasteiger partial charge is 0.488 e. The summed E-state index contributed by atoms with van der Waals surface area (Å²) in [5.74, 6) is 1.40. The zero-order valence-electron chi connectivity index (χ0n) is 12.6. The fourth-order valence-electron chi connectivity index (χ4n) is 3.35. The second-order valence-electron chi connectivity index (χ2n) is 6.07. The van der Waals surface area contributed by atoms with Crippen LogP contribution in [0.2, 0.25) is 0 Å². The van der Waals surface area contributed by atoms with Crippen LogP contribution < -0.4 is 10.1 Å². The van der Waals surface area contributed by atoms with Crippen molar-refractivity contribution in [2.75, 3.05) is 26.3 Å².